The van der Waals surface area contributed by atoms with Gasteiger partial charge in [0.1, 0.15) is 11.0 Å². The van der Waals surface area contributed by atoms with Gasteiger partial charge in [0.2, 0.25) is 5.91 Å². The van der Waals surface area contributed by atoms with Crippen molar-refractivity contribution < 1.29 is 14.7 Å². The van der Waals surface area contributed by atoms with Crippen LogP contribution in [0.3, 0.4) is 0 Å². The maximum absolute atomic E-state index is 12.4. The summed E-state index contributed by atoms with van der Waals surface area (Å²) in [6, 6.07) is 0. The number of hydrogen-bond acceptors (Lipinski definition) is 4. The highest BCUT2D eigenvalue weighted by atomic mass is 16.4. The van der Waals surface area contributed by atoms with Crippen molar-refractivity contribution in [2.24, 2.45) is 18.9 Å². The van der Waals surface area contributed by atoms with E-state index in [0.717, 1.165) is 29.6 Å². The third kappa shape index (κ3) is 3.00. The first-order valence-corrected chi connectivity index (χ1v) is 8.34. The van der Waals surface area contributed by atoms with Crippen LogP contribution in [0, 0.1) is 18.8 Å². The molecule has 0 bridgehead atoms. The first-order chi connectivity index (χ1) is 11.5. The maximum Gasteiger partial charge on any atom is 0.307 e. The lowest BCUT2D eigenvalue weighted by atomic mass is 9.79. The van der Waals surface area contributed by atoms with E-state index in [9.17, 15) is 14.7 Å². The summed E-state index contributed by atoms with van der Waals surface area (Å²) in [4.78, 5) is 23.7. The lowest BCUT2D eigenvalue weighted by molar-refractivity contribution is -0.148. The van der Waals surface area contributed by atoms with Crippen LogP contribution in [0.25, 0.3) is 11.0 Å². The molecule has 0 unspecified atom stereocenters. The summed E-state index contributed by atoms with van der Waals surface area (Å²) >= 11 is 0. The Morgan fingerprint density at radius 2 is 2.04 bits per heavy atom. The Morgan fingerprint density at radius 1 is 1.33 bits per heavy atom. The fourth-order valence-corrected chi connectivity index (χ4v) is 3.64. The molecule has 24 heavy (non-hydrogen) atoms. The highest BCUT2D eigenvalue weighted by Gasteiger charge is 2.35. The van der Waals surface area contributed by atoms with Crippen molar-refractivity contribution in [3.8, 4) is 0 Å². The molecule has 2 N–H and O–H groups in total. The highest BCUT2D eigenvalue weighted by molar-refractivity contribution is 5.84. The standard InChI is InChI=1S/C16H23N5O3/c1-10-14-13(20(2)19-10)9-18-21(14)8-7-17-15(22)11-5-3-4-6-12(11)16(23)24/h9,11-12H,3-8H2,1-2H3,(H,17,22)(H,23,24)/t11-,12+/m0/s1. The number of hydrogen-bond donors (Lipinski definition) is 2. The van der Waals surface area contributed by atoms with Crippen LogP contribution >= 0.6 is 0 Å². The van der Waals surface area contributed by atoms with E-state index in [1.54, 1.807) is 10.9 Å². The van der Waals surface area contributed by atoms with Gasteiger partial charge in [-0.25, -0.2) is 0 Å². The third-order valence-electron chi connectivity index (χ3n) is 4.85. The van der Waals surface area contributed by atoms with E-state index in [0.29, 0.717) is 25.9 Å². The molecule has 1 fully saturated rings. The first-order valence-electron chi connectivity index (χ1n) is 8.34. The third-order valence-corrected chi connectivity index (χ3v) is 4.85. The molecule has 2 heterocycles. The molecule has 2 atom stereocenters. The summed E-state index contributed by atoms with van der Waals surface area (Å²) in [5.74, 6) is -2.01. The Bertz CT molecular complexity index is 763. The SMILES string of the molecule is Cc1nn(C)c2cnn(CCNC(=O)[C@H]3CCCC[C@H]3C(=O)O)c12. The number of aryl methyl sites for hydroxylation is 2. The van der Waals surface area contributed by atoms with E-state index in [1.165, 1.54) is 0 Å². The number of aliphatic carboxylic acids is 1. The molecule has 0 aromatic carbocycles. The van der Waals surface area contributed by atoms with E-state index >= 15 is 0 Å². The fraction of sp³-hybridized carbons (Fsp3) is 0.625. The van der Waals surface area contributed by atoms with Crippen molar-refractivity contribution in [1.29, 1.82) is 0 Å². The molecule has 0 spiro atoms. The van der Waals surface area contributed by atoms with Crippen LogP contribution in [0.15, 0.2) is 6.20 Å². The van der Waals surface area contributed by atoms with Gasteiger partial charge in [-0.3, -0.25) is 19.0 Å². The van der Waals surface area contributed by atoms with E-state index < -0.39 is 17.8 Å². The fourth-order valence-electron chi connectivity index (χ4n) is 3.64. The predicted molar refractivity (Wildman–Crippen MR) is 87.3 cm³/mol. The number of rotatable bonds is 5. The van der Waals surface area contributed by atoms with Crippen molar-refractivity contribution in [2.75, 3.05) is 6.54 Å². The van der Waals surface area contributed by atoms with Crippen molar-refractivity contribution in [1.82, 2.24) is 24.9 Å². The second kappa shape index (κ2) is 6.62. The van der Waals surface area contributed by atoms with Gasteiger partial charge in [-0.15, -0.1) is 0 Å². The number of nitrogens with zero attached hydrogens (tertiary/aromatic N) is 4. The summed E-state index contributed by atoms with van der Waals surface area (Å²) in [6.45, 7) is 2.89. The summed E-state index contributed by atoms with van der Waals surface area (Å²) in [7, 11) is 1.87. The van der Waals surface area contributed by atoms with Gasteiger partial charge in [-0.1, -0.05) is 12.8 Å². The smallest absolute Gasteiger partial charge is 0.307 e. The molecule has 8 heteroatoms. The Morgan fingerprint density at radius 3 is 2.75 bits per heavy atom. The van der Waals surface area contributed by atoms with Crippen LogP contribution in [0.4, 0.5) is 0 Å². The largest absolute Gasteiger partial charge is 0.481 e. The average molecular weight is 333 g/mol. The molecule has 2 aromatic heterocycles. The molecule has 2 aromatic rings. The van der Waals surface area contributed by atoms with Crippen LogP contribution in [-0.4, -0.2) is 43.1 Å². The zero-order valence-corrected chi connectivity index (χ0v) is 14.0. The van der Waals surface area contributed by atoms with E-state index in [-0.39, 0.29) is 5.91 Å². The van der Waals surface area contributed by atoms with E-state index in [2.05, 4.69) is 15.5 Å². The van der Waals surface area contributed by atoms with Gasteiger partial charge in [0.15, 0.2) is 0 Å². The Labute approximate surface area is 139 Å². The van der Waals surface area contributed by atoms with E-state index in [1.807, 2.05) is 18.7 Å². The highest BCUT2D eigenvalue weighted by Crippen LogP contribution is 2.30. The topological polar surface area (TPSA) is 102 Å². The number of carbonyl (C=O) groups excluding carboxylic acids is 1. The molecule has 1 aliphatic rings. The summed E-state index contributed by atoms with van der Waals surface area (Å²) < 4.78 is 3.61. The zero-order valence-electron chi connectivity index (χ0n) is 14.0. The number of nitrogens with one attached hydrogen (secondary N) is 1. The summed E-state index contributed by atoms with van der Waals surface area (Å²) in [5, 5.41) is 20.9. The minimum atomic E-state index is -0.866. The van der Waals surface area contributed by atoms with Crippen LogP contribution in [-0.2, 0) is 23.2 Å². The van der Waals surface area contributed by atoms with Crippen molar-refractivity contribution in [3.05, 3.63) is 11.9 Å². The van der Waals surface area contributed by atoms with Crippen molar-refractivity contribution in [3.63, 3.8) is 0 Å². The molecule has 0 aliphatic heterocycles. The Hall–Kier alpha value is -2.38. The maximum atomic E-state index is 12.4. The van der Waals surface area contributed by atoms with Crippen LogP contribution in [0.2, 0.25) is 0 Å². The van der Waals surface area contributed by atoms with Crippen LogP contribution in [0.5, 0.6) is 0 Å². The van der Waals surface area contributed by atoms with Gasteiger partial charge in [0, 0.05) is 13.6 Å². The van der Waals surface area contributed by atoms with Crippen molar-refractivity contribution >= 4 is 22.9 Å². The Balaban J connectivity index is 1.61. The van der Waals surface area contributed by atoms with Gasteiger partial charge in [-0.05, 0) is 19.8 Å². The second-order valence-corrected chi connectivity index (χ2v) is 6.44. The number of carboxylic acid groups (broad SMARTS) is 1. The summed E-state index contributed by atoms with van der Waals surface area (Å²) in [6.07, 6.45) is 4.79. The van der Waals surface area contributed by atoms with E-state index in [4.69, 9.17) is 0 Å². The zero-order chi connectivity index (χ0) is 17.3. The monoisotopic (exact) mass is 333 g/mol. The van der Waals surface area contributed by atoms with Gasteiger partial charge in [-0.2, -0.15) is 10.2 Å². The number of fused-ring (bicyclic) bond motifs is 1. The van der Waals surface area contributed by atoms with Gasteiger partial charge >= 0.3 is 5.97 Å². The molecule has 1 amide bonds. The number of carbonyl (C=O) groups is 2. The lowest BCUT2D eigenvalue weighted by Crippen LogP contribution is -2.40. The molecular formula is C16H23N5O3. The molecule has 0 saturated heterocycles. The Kier molecular flexibility index (Phi) is 4.55. The van der Waals surface area contributed by atoms with Crippen LogP contribution in [0.1, 0.15) is 31.4 Å². The molecule has 8 nitrogen and oxygen atoms in total. The average Bonchev–Trinajstić information content (AvgIpc) is 3.10. The summed E-state index contributed by atoms with van der Waals surface area (Å²) in [5.41, 5.74) is 2.82. The molecule has 1 saturated carbocycles. The molecular weight excluding hydrogens is 310 g/mol. The quantitative estimate of drug-likeness (QED) is 0.852. The van der Waals surface area contributed by atoms with Gasteiger partial charge in [0.05, 0.1) is 30.3 Å². The second-order valence-electron chi connectivity index (χ2n) is 6.44. The number of aromatic nitrogens is 4. The minimum absolute atomic E-state index is 0.159. The predicted octanol–water partition coefficient (Wildman–Crippen LogP) is 1.09. The number of amides is 1. The molecule has 0 radical (unpaired) electrons. The lowest BCUT2D eigenvalue weighted by Gasteiger charge is -2.27. The van der Waals surface area contributed by atoms with Crippen LogP contribution < -0.4 is 5.32 Å². The molecule has 1 aliphatic carbocycles. The number of carboxylic acids is 1. The van der Waals surface area contributed by atoms with Gasteiger partial charge in [0.25, 0.3) is 0 Å². The first kappa shape index (κ1) is 16.5. The normalized spacial score (nSPS) is 21.1. The molecule has 130 valence electrons. The van der Waals surface area contributed by atoms with Crippen molar-refractivity contribution in [2.45, 2.75) is 39.2 Å². The van der Waals surface area contributed by atoms with Gasteiger partial charge < -0.3 is 10.4 Å². The molecule has 3 rings (SSSR count). The minimum Gasteiger partial charge on any atom is -0.481 e.